The summed E-state index contributed by atoms with van der Waals surface area (Å²) in [6, 6.07) is 0. The second-order valence-corrected chi connectivity index (χ2v) is 12.4. The van der Waals surface area contributed by atoms with Crippen LogP contribution >= 0.6 is 0 Å². The number of rotatable bonds is 27. The first kappa shape index (κ1) is 36.9. The monoisotopic (exact) mass is 538 g/mol. The standard InChI is InChI=1S/C34H66O4/c1-7-31(32(8-2)34(36)38-28-22-20-24-30(5)6)25-17-15-13-11-9-10-12-14-16-18-26-33(35)37-27-21-19-23-29(3)4/h29-32H,7-28H2,1-6H3. The van der Waals surface area contributed by atoms with Gasteiger partial charge in [-0.1, -0.05) is 119 Å². The minimum atomic E-state index is -0.0147. The Hall–Kier alpha value is -1.06. The Morgan fingerprint density at radius 1 is 0.526 bits per heavy atom. The molecule has 0 aliphatic carbocycles. The van der Waals surface area contributed by atoms with Crippen molar-refractivity contribution in [1.82, 2.24) is 0 Å². The zero-order valence-corrected chi connectivity index (χ0v) is 26.5. The van der Waals surface area contributed by atoms with Gasteiger partial charge in [0.15, 0.2) is 0 Å². The summed E-state index contributed by atoms with van der Waals surface area (Å²) in [5.74, 6) is 2.01. The van der Waals surface area contributed by atoms with Crippen molar-refractivity contribution < 1.29 is 19.1 Å². The van der Waals surface area contributed by atoms with Crippen molar-refractivity contribution in [2.24, 2.45) is 23.7 Å². The van der Waals surface area contributed by atoms with Gasteiger partial charge in [-0.05, 0) is 62.7 Å². The molecule has 0 aromatic carbocycles. The third-order valence-corrected chi connectivity index (χ3v) is 7.90. The van der Waals surface area contributed by atoms with Crippen LogP contribution in [0.2, 0.25) is 0 Å². The average molecular weight is 539 g/mol. The summed E-state index contributed by atoms with van der Waals surface area (Å²) in [6.07, 6.45) is 22.8. The molecular formula is C34H66O4. The van der Waals surface area contributed by atoms with Gasteiger partial charge in [-0.25, -0.2) is 0 Å². The zero-order chi connectivity index (χ0) is 28.4. The Kier molecular flexibility index (Phi) is 25.4. The van der Waals surface area contributed by atoms with E-state index in [0.717, 1.165) is 69.6 Å². The fourth-order valence-corrected chi connectivity index (χ4v) is 5.32. The summed E-state index contributed by atoms with van der Waals surface area (Å²) >= 11 is 0. The third kappa shape index (κ3) is 22.9. The molecule has 0 rings (SSSR count). The van der Waals surface area contributed by atoms with Crippen molar-refractivity contribution in [3.63, 3.8) is 0 Å². The van der Waals surface area contributed by atoms with E-state index in [4.69, 9.17) is 9.47 Å². The van der Waals surface area contributed by atoms with Crippen LogP contribution in [0.1, 0.15) is 170 Å². The normalized spacial score (nSPS) is 13.2. The van der Waals surface area contributed by atoms with Gasteiger partial charge in [0.2, 0.25) is 0 Å². The molecule has 0 heterocycles. The summed E-state index contributed by atoms with van der Waals surface area (Å²) < 4.78 is 11.0. The molecule has 4 nitrogen and oxygen atoms in total. The maximum atomic E-state index is 12.6. The van der Waals surface area contributed by atoms with Crippen LogP contribution in [0.25, 0.3) is 0 Å². The molecule has 0 amide bonds. The van der Waals surface area contributed by atoms with Gasteiger partial charge in [0.25, 0.3) is 0 Å². The zero-order valence-electron chi connectivity index (χ0n) is 26.5. The van der Waals surface area contributed by atoms with Gasteiger partial charge in [-0.2, -0.15) is 0 Å². The number of unbranched alkanes of at least 4 members (excludes halogenated alkanes) is 11. The molecule has 0 saturated carbocycles. The van der Waals surface area contributed by atoms with E-state index in [2.05, 4.69) is 41.5 Å². The molecule has 2 unspecified atom stereocenters. The van der Waals surface area contributed by atoms with Gasteiger partial charge < -0.3 is 9.47 Å². The minimum absolute atomic E-state index is 0.0147. The first-order valence-corrected chi connectivity index (χ1v) is 16.6. The molecule has 0 aliphatic heterocycles. The van der Waals surface area contributed by atoms with Gasteiger partial charge in [0, 0.05) is 6.42 Å². The predicted molar refractivity (Wildman–Crippen MR) is 162 cm³/mol. The average Bonchev–Trinajstić information content (AvgIpc) is 2.87. The number of ether oxygens (including phenoxy) is 2. The maximum Gasteiger partial charge on any atom is 0.309 e. The van der Waals surface area contributed by atoms with Crippen molar-refractivity contribution in [3.05, 3.63) is 0 Å². The van der Waals surface area contributed by atoms with Crippen LogP contribution in [0.5, 0.6) is 0 Å². The second-order valence-electron chi connectivity index (χ2n) is 12.4. The molecule has 0 aromatic heterocycles. The van der Waals surface area contributed by atoms with Crippen LogP contribution in [0.15, 0.2) is 0 Å². The molecule has 226 valence electrons. The van der Waals surface area contributed by atoms with Crippen molar-refractivity contribution in [2.45, 2.75) is 170 Å². The molecule has 2 atom stereocenters. The Balaban J connectivity index is 3.68. The summed E-state index contributed by atoms with van der Waals surface area (Å²) in [7, 11) is 0. The summed E-state index contributed by atoms with van der Waals surface area (Å²) in [5.41, 5.74) is 0. The molecule has 0 fully saturated rings. The van der Waals surface area contributed by atoms with E-state index in [1.54, 1.807) is 0 Å². The highest BCUT2D eigenvalue weighted by atomic mass is 16.5. The van der Waals surface area contributed by atoms with E-state index in [9.17, 15) is 9.59 Å². The highest BCUT2D eigenvalue weighted by Crippen LogP contribution is 2.27. The highest BCUT2D eigenvalue weighted by Gasteiger charge is 2.26. The van der Waals surface area contributed by atoms with Crippen LogP contribution in [-0.4, -0.2) is 25.2 Å². The molecular weight excluding hydrogens is 472 g/mol. The maximum absolute atomic E-state index is 12.6. The van der Waals surface area contributed by atoms with Crippen LogP contribution in [0.4, 0.5) is 0 Å². The lowest BCUT2D eigenvalue weighted by atomic mass is 9.84. The number of hydrogen-bond acceptors (Lipinski definition) is 4. The molecule has 0 N–H and O–H groups in total. The van der Waals surface area contributed by atoms with Crippen LogP contribution < -0.4 is 0 Å². The molecule has 0 spiro atoms. The number of carbonyl (C=O) groups is 2. The summed E-state index contributed by atoms with van der Waals surface area (Å²) in [6.45, 7) is 14.5. The largest absolute Gasteiger partial charge is 0.466 e. The van der Waals surface area contributed by atoms with E-state index in [1.165, 1.54) is 64.2 Å². The molecule has 0 bridgehead atoms. The Bertz CT molecular complexity index is 543. The molecule has 38 heavy (non-hydrogen) atoms. The van der Waals surface area contributed by atoms with Crippen LogP contribution in [-0.2, 0) is 19.1 Å². The minimum Gasteiger partial charge on any atom is -0.466 e. The fourth-order valence-electron chi connectivity index (χ4n) is 5.32. The van der Waals surface area contributed by atoms with Crippen molar-refractivity contribution in [2.75, 3.05) is 13.2 Å². The lowest BCUT2D eigenvalue weighted by Gasteiger charge is -2.24. The first-order chi connectivity index (χ1) is 18.3. The summed E-state index contributed by atoms with van der Waals surface area (Å²) in [4.78, 5) is 24.4. The third-order valence-electron chi connectivity index (χ3n) is 7.90. The van der Waals surface area contributed by atoms with Gasteiger partial charge >= 0.3 is 11.9 Å². The van der Waals surface area contributed by atoms with Crippen molar-refractivity contribution in [3.8, 4) is 0 Å². The van der Waals surface area contributed by atoms with Crippen LogP contribution in [0, 0.1) is 23.7 Å². The van der Waals surface area contributed by atoms with E-state index >= 15 is 0 Å². The van der Waals surface area contributed by atoms with Crippen molar-refractivity contribution in [1.29, 1.82) is 0 Å². The lowest BCUT2D eigenvalue weighted by Crippen LogP contribution is -2.25. The first-order valence-electron chi connectivity index (χ1n) is 16.6. The van der Waals surface area contributed by atoms with E-state index in [0.29, 0.717) is 25.6 Å². The molecule has 0 aliphatic rings. The Morgan fingerprint density at radius 2 is 0.974 bits per heavy atom. The molecule has 0 aromatic rings. The van der Waals surface area contributed by atoms with Gasteiger partial charge in [-0.15, -0.1) is 0 Å². The fraction of sp³-hybridized carbons (Fsp3) is 0.941. The molecule has 0 radical (unpaired) electrons. The second kappa shape index (κ2) is 26.2. The predicted octanol–water partition coefficient (Wildman–Crippen LogP) is 10.5. The van der Waals surface area contributed by atoms with E-state index in [-0.39, 0.29) is 17.9 Å². The molecule has 4 heteroatoms. The van der Waals surface area contributed by atoms with E-state index < -0.39 is 0 Å². The smallest absolute Gasteiger partial charge is 0.309 e. The SMILES string of the molecule is CCC(CCCCCCCCCCCCC(=O)OCCCCC(C)C)C(CC)C(=O)OCCCCC(C)C. The topological polar surface area (TPSA) is 52.6 Å². The molecule has 0 saturated heterocycles. The van der Waals surface area contributed by atoms with Gasteiger partial charge in [0.05, 0.1) is 19.1 Å². The Labute approximate surface area is 237 Å². The number of hydrogen-bond donors (Lipinski definition) is 0. The van der Waals surface area contributed by atoms with Gasteiger partial charge in [-0.3, -0.25) is 9.59 Å². The Morgan fingerprint density at radius 3 is 1.45 bits per heavy atom. The van der Waals surface area contributed by atoms with E-state index in [1.807, 2.05) is 0 Å². The van der Waals surface area contributed by atoms with Crippen LogP contribution in [0.3, 0.4) is 0 Å². The highest BCUT2D eigenvalue weighted by molar-refractivity contribution is 5.72. The summed E-state index contributed by atoms with van der Waals surface area (Å²) in [5, 5.41) is 0. The lowest BCUT2D eigenvalue weighted by molar-refractivity contribution is -0.151. The number of carbonyl (C=O) groups excluding carboxylic acids is 2. The quantitative estimate of drug-likeness (QED) is 0.0771. The number of esters is 2. The van der Waals surface area contributed by atoms with Crippen molar-refractivity contribution >= 4 is 11.9 Å². The van der Waals surface area contributed by atoms with Gasteiger partial charge in [0.1, 0.15) is 0 Å².